The minimum Gasteiger partial charge on any atom is -0.480 e. The smallest absolute Gasteiger partial charge is 0.417 e. The molecular weight excluding hydrogens is 327 g/mol. The number of carboxylic acid groups (broad SMARTS) is 1. The molecule has 10 heteroatoms. The maximum atomic E-state index is 12.7. The van der Waals surface area contributed by atoms with E-state index in [4.69, 9.17) is 16.7 Å². The second-order valence-electron chi connectivity index (χ2n) is 4.38. The van der Waals surface area contributed by atoms with E-state index in [1.165, 1.54) is 6.20 Å². The highest BCUT2D eigenvalue weighted by Crippen LogP contribution is 2.32. The van der Waals surface area contributed by atoms with Crippen molar-refractivity contribution in [1.82, 2.24) is 14.7 Å². The molecule has 0 radical (unpaired) electrons. The van der Waals surface area contributed by atoms with Crippen molar-refractivity contribution in [3.63, 3.8) is 0 Å². The van der Waals surface area contributed by atoms with Crippen LogP contribution in [0.2, 0.25) is 5.02 Å². The Morgan fingerprint density at radius 1 is 1.36 bits per heavy atom. The summed E-state index contributed by atoms with van der Waals surface area (Å²) in [6.45, 7) is -0.550. The Labute approximate surface area is 126 Å². The lowest BCUT2D eigenvalue weighted by Gasteiger charge is -2.07. The molecule has 2 aromatic heterocycles. The van der Waals surface area contributed by atoms with Gasteiger partial charge in [-0.3, -0.25) is 9.59 Å². The zero-order chi connectivity index (χ0) is 16.5. The Balaban J connectivity index is 2.25. The quantitative estimate of drug-likeness (QED) is 0.891. The van der Waals surface area contributed by atoms with Crippen molar-refractivity contribution < 1.29 is 27.9 Å². The topological polar surface area (TPSA) is 83.7 Å². The number of halogens is 4. The second-order valence-corrected chi connectivity index (χ2v) is 4.79. The van der Waals surface area contributed by atoms with Crippen LogP contribution in [0.1, 0.15) is 11.3 Å². The summed E-state index contributed by atoms with van der Waals surface area (Å²) < 4.78 is 39.1. The molecule has 6 nitrogen and oxygen atoms in total. The summed E-state index contributed by atoms with van der Waals surface area (Å²) in [6.07, 6.45) is -2.78. The molecule has 2 aromatic rings. The van der Waals surface area contributed by atoms with Crippen LogP contribution in [0.25, 0.3) is 5.65 Å². The van der Waals surface area contributed by atoms with Gasteiger partial charge in [0.25, 0.3) is 0 Å². The number of amides is 1. The highest BCUT2D eigenvalue weighted by atomic mass is 35.5. The monoisotopic (exact) mass is 335 g/mol. The Morgan fingerprint density at radius 3 is 2.64 bits per heavy atom. The number of hydrogen-bond donors (Lipinski definition) is 2. The van der Waals surface area contributed by atoms with E-state index >= 15 is 0 Å². The number of rotatable bonds is 4. The van der Waals surface area contributed by atoms with Crippen molar-refractivity contribution in [2.24, 2.45) is 0 Å². The van der Waals surface area contributed by atoms with E-state index in [1.54, 1.807) is 0 Å². The highest BCUT2D eigenvalue weighted by molar-refractivity contribution is 6.33. The summed E-state index contributed by atoms with van der Waals surface area (Å²) >= 11 is 5.76. The summed E-state index contributed by atoms with van der Waals surface area (Å²) in [5, 5.41) is 10.4. The molecule has 2 rings (SSSR count). The van der Waals surface area contributed by atoms with Gasteiger partial charge in [-0.1, -0.05) is 11.6 Å². The van der Waals surface area contributed by atoms with Crippen molar-refractivity contribution in [1.29, 1.82) is 0 Å². The molecule has 0 spiro atoms. The van der Waals surface area contributed by atoms with Gasteiger partial charge in [-0.05, 0) is 6.07 Å². The number of nitrogens with one attached hydrogen (secondary N) is 1. The molecule has 1 amide bonds. The number of aromatic nitrogens is 2. The molecule has 0 saturated carbocycles. The molecule has 0 unspecified atom stereocenters. The third-order valence-electron chi connectivity index (χ3n) is 2.66. The summed E-state index contributed by atoms with van der Waals surface area (Å²) in [7, 11) is 0. The molecular formula is C12H9ClF3N3O3. The van der Waals surface area contributed by atoms with Gasteiger partial charge in [0, 0.05) is 12.4 Å². The first-order valence-electron chi connectivity index (χ1n) is 5.89. The van der Waals surface area contributed by atoms with Crippen LogP contribution < -0.4 is 5.32 Å². The van der Waals surface area contributed by atoms with Crippen molar-refractivity contribution in [2.45, 2.75) is 12.6 Å². The van der Waals surface area contributed by atoms with Crippen LogP contribution >= 0.6 is 11.6 Å². The first kappa shape index (κ1) is 16.1. The molecule has 0 aromatic carbocycles. The summed E-state index contributed by atoms with van der Waals surface area (Å²) in [5.41, 5.74) is -0.691. The Kier molecular flexibility index (Phi) is 4.27. The van der Waals surface area contributed by atoms with Crippen LogP contribution in [-0.4, -0.2) is 32.9 Å². The number of carbonyl (C=O) groups excluding carboxylic acids is 1. The third-order valence-corrected chi connectivity index (χ3v) is 2.94. The van der Waals surface area contributed by atoms with Gasteiger partial charge in [0.15, 0.2) is 5.65 Å². The Morgan fingerprint density at radius 2 is 2.05 bits per heavy atom. The molecule has 118 valence electrons. The van der Waals surface area contributed by atoms with Gasteiger partial charge < -0.3 is 14.8 Å². The predicted molar refractivity (Wildman–Crippen MR) is 69.6 cm³/mol. The van der Waals surface area contributed by atoms with Gasteiger partial charge in [-0.2, -0.15) is 13.2 Å². The van der Waals surface area contributed by atoms with Gasteiger partial charge in [0.2, 0.25) is 5.91 Å². The lowest BCUT2D eigenvalue weighted by Crippen LogP contribution is -2.30. The number of imidazole rings is 1. The molecule has 0 aliphatic heterocycles. The van der Waals surface area contributed by atoms with Crippen LogP contribution in [0.15, 0.2) is 18.5 Å². The van der Waals surface area contributed by atoms with Gasteiger partial charge >= 0.3 is 12.1 Å². The first-order valence-corrected chi connectivity index (χ1v) is 6.27. The number of pyridine rings is 1. The SMILES string of the molecule is O=C(O)CNC(=O)Cc1cn2cc(C(F)(F)F)cc(Cl)c2n1. The first-order chi connectivity index (χ1) is 10.2. The molecule has 0 bridgehead atoms. The molecule has 2 heterocycles. The largest absolute Gasteiger partial charge is 0.480 e. The predicted octanol–water partition coefficient (Wildman–Crippen LogP) is 1.75. The molecule has 22 heavy (non-hydrogen) atoms. The zero-order valence-electron chi connectivity index (χ0n) is 10.8. The van der Waals surface area contributed by atoms with Crippen LogP contribution in [0, 0.1) is 0 Å². The number of alkyl halides is 3. The second kappa shape index (κ2) is 5.84. The fourth-order valence-corrected chi connectivity index (χ4v) is 2.01. The Bertz CT molecular complexity index is 742. The summed E-state index contributed by atoms with van der Waals surface area (Å²) in [6, 6.07) is 0.748. The molecule has 0 aliphatic rings. The normalized spacial score (nSPS) is 11.6. The van der Waals surface area contributed by atoms with E-state index in [2.05, 4.69) is 10.3 Å². The maximum Gasteiger partial charge on any atom is 0.417 e. The minimum absolute atomic E-state index is 0.0794. The average molecular weight is 336 g/mol. The van der Waals surface area contributed by atoms with Gasteiger partial charge in [-0.25, -0.2) is 4.98 Å². The molecule has 2 N–H and O–H groups in total. The summed E-state index contributed by atoms with van der Waals surface area (Å²) in [4.78, 5) is 25.7. The van der Waals surface area contributed by atoms with E-state index in [1.807, 2.05) is 0 Å². The molecule has 0 atom stereocenters. The van der Waals surface area contributed by atoms with Gasteiger partial charge in [0.05, 0.1) is 22.7 Å². The van der Waals surface area contributed by atoms with Crippen molar-refractivity contribution >= 4 is 29.1 Å². The fraction of sp³-hybridized carbons (Fsp3) is 0.250. The minimum atomic E-state index is -4.55. The zero-order valence-corrected chi connectivity index (χ0v) is 11.6. The van der Waals surface area contributed by atoms with Crippen LogP contribution in [0.4, 0.5) is 13.2 Å². The number of carbonyl (C=O) groups is 2. The average Bonchev–Trinajstić information content (AvgIpc) is 2.78. The number of hydrogen-bond acceptors (Lipinski definition) is 3. The van der Waals surface area contributed by atoms with E-state index in [0.717, 1.165) is 16.7 Å². The summed E-state index contributed by atoms with van der Waals surface area (Å²) in [5.74, 6) is -1.82. The lowest BCUT2D eigenvalue weighted by atomic mass is 10.3. The maximum absolute atomic E-state index is 12.7. The number of carboxylic acids is 1. The van der Waals surface area contributed by atoms with E-state index in [0.29, 0.717) is 0 Å². The lowest BCUT2D eigenvalue weighted by molar-refractivity contribution is -0.138. The van der Waals surface area contributed by atoms with E-state index < -0.39 is 30.2 Å². The highest BCUT2D eigenvalue weighted by Gasteiger charge is 2.31. The van der Waals surface area contributed by atoms with E-state index in [9.17, 15) is 22.8 Å². The van der Waals surface area contributed by atoms with Crippen molar-refractivity contribution in [3.05, 3.63) is 34.7 Å². The molecule has 0 fully saturated rings. The molecule has 0 saturated heterocycles. The molecule has 0 aliphatic carbocycles. The van der Waals surface area contributed by atoms with Crippen molar-refractivity contribution in [2.75, 3.05) is 6.54 Å². The fourth-order valence-electron chi connectivity index (χ4n) is 1.75. The van der Waals surface area contributed by atoms with Gasteiger partial charge in [-0.15, -0.1) is 0 Å². The Hall–Kier alpha value is -2.29. The number of fused-ring (bicyclic) bond motifs is 1. The van der Waals surface area contributed by atoms with Crippen molar-refractivity contribution in [3.8, 4) is 0 Å². The van der Waals surface area contributed by atoms with E-state index in [-0.39, 0.29) is 22.8 Å². The van der Waals surface area contributed by atoms with Crippen LogP contribution in [-0.2, 0) is 22.2 Å². The number of nitrogens with zero attached hydrogens (tertiary/aromatic N) is 2. The standard InChI is InChI=1S/C12H9ClF3N3O3/c13-8-1-6(12(14,15)16)4-19-5-7(18-11(8)19)2-9(20)17-3-10(21)22/h1,4-5H,2-3H2,(H,17,20)(H,21,22). The van der Waals surface area contributed by atoms with Gasteiger partial charge in [0.1, 0.15) is 6.54 Å². The third kappa shape index (κ3) is 3.67. The van der Waals surface area contributed by atoms with Crippen LogP contribution in [0.5, 0.6) is 0 Å². The van der Waals surface area contributed by atoms with Crippen LogP contribution in [0.3, 0.4) is 0 Å². The number of aliphatic carboxylic acids is 1.